The van der Waals surface area contributed by atoms with Crippen molar-refractivity contribution >= 4 is 17.6 Å². The molecule has 0 aliphatic heterocycles. The zero-order valence-electron chi connectivity index (χ0n) is 22.1. The standard InChI is InChI=1S/C32H26FN3O4/c1-20-6-4-8-27(18-20)36-32(40-21(2)37)29(30(35-36)24-7-5-9-28(19-24)39-3)22-12-16-26(17-13-22)34-31(38)23-10-14-25(33)15-11-23/h4-19H,1-3H3,(H,34,38). The van der Waals surface area contributed by atoms with Gasteiger partial charge in [-0.2, -0.15) is 9.78 Å². The van der Waals surface area contributed by atoms with Crippen molar-refractivity contribution < 1.29 is 23.5 Å². The van der Waals surface area contributed by atoms with E-state index in [2.05, 4.69) is 5.32 Å². The van der Waals surface area contributed by atoms with Gasteiger partial charge in [0.1, 0.15) is 17.3 Å². The minimum atomic E-state index is -0.490. The van der Waals surface area contributed by atoms with Crippen molar-refractivity contribution in [2.45, 2.75) is 13.8 Å². The zero-order chi connectivity index (χ0) is 28.2. The smallest absolute Gasteiger partial charge is 0.309 e. The Hall–Kier alpha value is -5.24. The number of methoxy groups -OCH3 is 1. The summed E-state index contributed by atoms with van der Waals surface area (Å²) < 4.78 is 26.1. The van der Waals surface area contributed by atoms with Crippen LogP contribution in [0.1, 0.15) is 22.8 Å². The van der Waals surface area contributed by atoms with Gasteiger partial charge >= 0.3 is 5.97 Å². The van der Waals surface area contributed by atoms with Crippen LogP contribution in [0, 0.1) is 12.7 Å². The summed E-state index contributed by atoms with van der Waals surface area (Å²) in [6, 6.07) is 27.6. The maximum atomic E-state index is 13.2. The van der Waals surface area contributed by atoms with Gasteiger partial charge in [0.25, 0.3) is 5.91 Å². The first-order valence-electron chi connectivity index (χ1n) is 12.5. The lowest BCUT2D eigenvalue weighted by Crippen LogP contribution is -2.11. The van der Waals surface area contributed by atoms with Crippen LogP contribution in [-0.2, 0) is 4.79 Å². The fourth-order valence-corrected chi connectivity index (χ4v) is 4.33. The van der Waals surface area contributed by atoms with Crippen LogP contribution in [0.3, 0.4) is 0 Å². The van der Waals surface area contributed by atoms with E-state index in [1.165, 1.54) is 31.2 Å². The first-order chi connectivity index (χ1) is 19.3. The molecule has 0 bridgehead atoms. The van der Waals surface area contributed by atoms with E-state index in [-0.39, 0.29) is 11.8 Å². The minimum Gasteiger partial charge on any atom is -0.497 e. The number of halogens is 1. The molecule has 40 heavy (non-hydrogen) atoms. The number of carbonyl (C=O) groups is 2. The lowest BCUT2D eigenvalue weighted by molar-refractivity contribution is -0.132. The third kappa shape index (κ3) is 5.61. The maximum Gasteiger partial charge on any atom is 0.309 e. The number of nitrogens with one attached hydrogen (secondary N) is 1. The normalized spacial score (nSPS) is 10.7. The molecule has 7 nitrogen and oxygen atoms in total. The van der Waals surface area contributed by atoms with E-state index >= 15 is 0 Å². The summed E-state index contributed by atoms with van der Waals surface area (Å²) >= 11 is 0. The van der Waals surface area contributed by atoms with Crippen molar-refractivity contribution in [3.8, 4) is 39.7 Å². The Kier molecular flexibility index (Phi) is 7.41. The molecule has 1 N–H and O–H groups in total. The number of amides is 1. The van der Waals surface area contributed by atoms with Crippen LogP contribution in [-0.4, -0.2) is 28.8 Å². The highest BCUT2D eigenvalue weighted by atomic mass is 19.1. The van der Waals surface area contributed by atoms with Gasteiger partial charge < -0.3 is 14.8 Å². The van der Waals surface area contributed by atoms with Crippen LogP contribution in [0.4, 0.5) is 10.1 Å². The van der Waals surface area contributed by atoms with Crippen molar-refractivity contribution in [1.29, 1.82) is 0 Å². The molecule has 200 valence electrons. The van der Waals surface area contributed by atoms with Crippen molar-refractivity contribution in [3.05, 3.63) is 114 Å². The summed E-state index contributed by atoms with van der Waals surface area (Å²) in [5.41, 5.74) is 5.29. The summed E-state index contributed by atoms with van der Waals surface area (Å²) in [5, 5.41) is 7.72. The van der Waals surface area contributed by atoms with Gasteiger partial charge in [-0.15, -0.1) is 0 Å². The average molecular weight is 536 g/mol. The molecule has 0 unspecified atom stereocenters. The van der Waals surface area contributed by atoms with Crippen LogP contribution in [0.2, 0.25) is 0 Å². The lowest BCUT2D eigenvalue weighted by atomic mass is 10.0. The molecule has 5 aromatic rings. The fourth-order valence-electron chi connectivity index (χ4n) is 4.33. The second-order valence-corrected chi connectivity index (χ2v) is 9.14. The number of aryl methyl sites for hydroxylation is 1. The van der Waals surface area contributed by atoms with Gasteiger partial charge in [-0.3, -0.25) is 9.59 Å². The molecule has 0 saturated heterocycles. The highest BCUT2D eigenvalue weighted by Crippen LogP contribution is 2.42. The minimum absolute atomic E-state index is 0.263. The van der Waals surface area contributed by atoms with Gasteiger partial charge in [-0.1, -0.05) is 36.4 Å². The van der Waals surface area contributed by atoms with Gasteiger partial charge in [0.2, 0.25) is 5.88 Å². The fraction of sp³-hybridized carbons (Fsp3) is 0.0938. The molecule has 5 rings (SSSR count). The Balaban J connectivity index is 1.62. The van der Waals surface area contributed by atoms with Crippen LogP contribution >= 0.6 is 0 Å². The molecule has 8 heteroatoms. The molecule has 0 fully saturated rings. The third-order valence-corrected chi connectivity index (χ3v) is 6.21. The predicted molar refractivity (Wildman–Crippen MR) is 151 cm³/mol. The van der Waals surface area contributed by atoms with E-state index in [9.17, 15) is 14.0 Å². The highest BCUT2D eigenvalue weighted by Gasteiger charge is 2.25. The monoisotopic (exact) mass is 535 g/mol. The number of ether oxygens (including phenoxy) is 2. The molecule has 0 aliphatic rings. The third-order valence-electron chi connectivity index (χ3n) is 6.21. The Morgan fingerprint density at radius 1 is 0.875 bits per heavy atom. The summed E-state index contributed by atoms with van der Waals surface area (Å²) in [6.45, 7) is 3.32. The Labute approximate surface area is 230 Å². The molecule has 0 radical (unpaired) electrons. The second kappa shape index (κ2) is 11.2. The van der Waals surface area contributed by atoms with E-state index < -0.39 is 11.8 Å². The van der Waals surface area contributed by atoms with Crippen molar-refractivity contribution in [2.75, 3.05) is 12.4 Å². The van der Waals surface area contributed by atoms with Gasteiger partial charge in [-0.05, 0) is 78.7 Å². The van der Waals surface area contributed by atoms with Crippen LogP contribution < -0.4 is 14.8 Å². The molecule has 0 atom stereocenters. The topological polar surface area (TPSA) is 82.4 Å². The molecular weight excluding hydrogens is 509 g/mol. The molecule has 0 aliphatic carbocycles. The average Bonchev–Trinajstić information content (AvgIpc) is 3.32. The van der Waals surface area contributed by atoms with Gasteiger partial charge in [0.15, 0.2) is 0 Å². The number of hydrogen-bond donors (Lipinski definition) is 1. The highest BCUT2D eigenvalue weighted by molar-refractivity contribution is 6.04. The quantitative estimate of drug-likeness (QED) is 0.231. The number of carbonyl (C=O) groups excluding carboxylic acids is 2. The molecule has 0 saturated carbocycles. The summed E-state index contributed by atoms with van der Waals surface area (Å²) in [4.78, 5) is 24.9. The van der Waals surface area contributed by atoms with E-state index in [1.807, 2.05) is 67.6 Å². The van der Waals surface area contributed by atoms with Gasteiger partial charge in [0, 0.05) is 23.7 Å². The van der Waals surface area contributed by atoms with E-state index in [0.29, 0.717) is 33.8 Å². The Morgan fingerprint density at radius 3 is 2.27 bits per heavy atom. The van der Waals surface area contributed by atoms with Crippen LogP contribution in [0.25, 0.3) is 28.1 Å². The number of esters is 1. The Morgan fingerprint density at radius 2 is 1.60 bits per heavy atom. The van der Waals surface area contributed by atoms with Gasteiger partial charge in [-0.25, -0.2) is 4.39 Å². The number of aromatic nitrogens is 2. The number of hydrogen-bond acceptors (Lipinski definition) is 5. The molecule has 1 amide bonds. The summed E-state index contributed by atoms with van der Waals surface area (Å²) in [5.74, 6) is -0.351. The second-order valence-electron chi connectivity index (χ2n) is 9.14. The largest absolute Gasteiger partial charge is 0.497 e. The summed E-state index contributed by atoms with van der Waals surface area (Å²) in [7, 11) is 1.59. The number of nitrogens with zero attached hydrogens (tertiary/aromatic N) is 2. The molecular formula is C32H26FN3O4. The molecule has 4 aromatic carbocycles. The Bertz CT molecular complexity index is 1690. The number of rotatable bonds is 7. The van der Waals surface area contributed by atoms with Crippen molar-refractivity contribution in [3.63, 3.8) is 0 Å². The first kappa shape index (κ1) is 26.4. The zero-order valence-corrected chi connectivity index (χ0v) is 22.1. The molecule has 1 heterocycles. The number of benzene rings is 4. The van der Waals surface area contributed by atoms with E-state index in [1.54, 1.807) is 23.9 Å². The van der Waals surface area contributed by atoms with E-state index in [0.717, 1.165) is 16.8 Å². The van der Waals surface area contributed by atoms with E-state index in [4.69, 9.17) is 14.6 Å². The SMILES string of the molecule is COc1cccc(-c2nn(-c3cccc(C)c3)c(OC(C)=O)c2-c2ccc(NC(=O)c3ccc(F)cc3)cc2)c1. The summed E-state index contributed by atoms with van der Waals surface area (Å²) in [6.07, 6.45) is 0. The van der Waals surface area contributed by atoms with Gasteiger partial charge in [0.05, 0.1) is 18.4 Å². The van der Waals surface area contributed by atoms with Crippen molar-refractivity contribution in [1.82, 2.24) is 9.78 Å². The predicted octanol–water partition coefficient (Wildman–Crippen LogP) is 6.84. The van der Waals surface area contributed by atoms with Crippen LogP contribution in [0.15, 0.2) is 97.1 Å². The molecule has 1 aromatic heterocycles. The number of anilines is 1. The molecule has 0 spiro atoms. The first-order valence-corrected chi connectivity index (χ1v) is 12.5. The van der Waals surface area contributed by atoms with Crippen LogP contribution in [0.5, 0.6) is 11.6 Å². The maximum absolute atomic E-state index is 13.2. The van der Waals surface area contributed by atoms with Crippen molar-refractivity contribution in [2.24, 2.45) is 0 Å². The lowest BCUT2D eigenvalue weighted by Gasteiger charge is -2.11.